The third-order valence-corrected chi connectivity index (χ3v) is 4.20. The Labute approximate surface area is 122 Å². The number of anilines is 1. The van der Waals surface area contributed by atoms with Crippen LogP contribution in [0.4, 0.5) is 5.69 Å². The zero-order valence-corrected chi connectivity index (χ0v) is 11.7. The quantitative estimate of drug-likeness (QED) is 0.798. The maximum absolute atomic E-state index is 11.9. The second-order valence-electron chi connectivity index (χ2n) is 5.37. The molecule has 2 aliphatic rings. The van der Waals surface area contributed by atoms with E-state index < -0.39 is 0 Å². The molecule has 1 atom stereocenters. The van der Waals surface area contributed by atoms with Gasteiger partial charge in [-0.05, 0) is 24.1 Å². The highest BCUT2D eigenvalue weighted by Crippen LogP contribution is 2.34. The second-order valence-corrected chi connectivity index (χ2v) is 5.78. The zero-order chi connectivity index (χ0) is 14.3. The van der Waals surface area contributed by atoms with Crippen molar-refractivity contribution in [2.75, 3.05) is 18.0 Å². The molecule has 5 nitrogen and oxygen atoms in total. The van der Waals surface area contributed by atoms with E-state index in [9.17, 15) is 9.59 Å². The standard InChI is InChI=1S/C14H16ClN3O2/c15-12-5-9(18-6-8(16)7-18)1-2-10(12)11-3-4-13(19)17-14(11)20/h1-2,5,8,11H,3-4,6-7,16H2,(H,17,19,20). The molecule has 0 aliphatic carbocycles. The van der Waals surface area contributed by atoms with Crippen LogP contribution in [0.5, 0.6) is 0 Å². The highest BCUT2D eigenvalue weighted by molar-refractivity contribution is 6.32. The minimum absolute atomic E-state index is 0.214. The van der Waals surface area contributed by atoms with E-state index in [0.717, 1.165) is 24.3 Å². The average molecular weight is 294 g/mol. The maximum Gasteiger partial charge on any atom is 0.234 e. The first-order chi connectivity index (χ1) is 9.54. The lowest BCUT2D eigenvalue weighted by atomic mass is 9.90. The van der Waals surface area contributed by atoms with Gasteiger partial charge in [0.2, 0.25) is 11.8 Å². The molecule has 2 amide bonds. The Kier molecular flexibility index (Phi) is 3.40. The topological polar surface area (TPSA) is 75.4 Å². The molecule has 1 unspecified atom stereocenters. The molecule has 0 spiro atoms. The fourth-order valence-electron chi connectivity index (χ4n) is 2.71. The Balaban J connectivity index is 1.80. The Bertz CT molecular complexity index is 570. The van der Waals surface area contributed by atoms with Crippen LogP contribution in [-0.2, 0) is 9.59 Å². The number of nitrogens with two attached hydrogens (primary N) is 1. The summed E-state index contributed by atoms with van der Waals surface area (Å²) in [5, 5.41) is 2.92. The van der Waals surface area contributed by atoms with Gasteiger partial charge in [-0.15, -0.1) is 0 Å². The molecule has 2 fully saturated rings. The van der Waals surface area contributed by atoms with Crippen LogP contribution in [0.2, 0.25) is 5.02 Å². The summed E-state index contributed by atoms with van der Waals surface area (Å²) >= 11 is 6.30. The lowest BCUT2D eigenvalue weighted by Gasteiger charge is -2.39. The minimum Gasteiger partial charge on any atom is -0.368 e. The van der Waals surface area contributed by atoms with Gasteiger partial charge in [-0.2, -0.15) is 0 Å². The molecule has 0 bridgehead atoms. The number of nitrogens with one attached hydrogen (secondary N) is 1. The third-order valence-electron chi connectivity index (χ3n) is 3.87. The van der Waals surface area contributed by atoms with E-state index in [0.29, 0.717) is 17.9 Å². The number of carbonyl (C=O) groups excluding carboxylic acids is 2. The Morgan fingerprint density at radius 1 is 1.30 bits per heavy atom. The normalized spacial score (nSPS) is 23.5. The van der Waals surface area contributed by atoms with Gasteiger partial charge >= 0.3 is 0 Å². The van der Waals surface area contributed by atoms with Gasteiger partial charge in [0.15, 0.2) is 0 Å². The third kappa shape index (κ3) is 2.39. The fourth-order valence-corrected chi connectivity index (χ4v) is 3.02. The molecule has 3 rings (SSSR count). The van der Waals surface area contributed by atoms with E-state index >= 15 is 0 Å². The summed E-state index contributed by atoms with van der Waals surface area (Å²) in [4.78, 5) is 25.2. The van der Waals surface area contributed by atoms with Crippen LogP contribution in [0.1, 0.15) is 24.3 Å². The van der Waals surface area contributed by atoms with Gasteiger partial charge < -0.3 is 10.6 Å². The first-order valence-corrected chi connectivity index (χ1v) is 7.06. The Morgan fingerprint density at radius 2 is 2.05 bits per heavy atom. The summed E-state index contributed by atoms with van der Waals surface area (Å²) in [7, 11) is 0. The first-order valence-electron chi connectivity index (χ1n) is 6.68. The van der Waals surface area contributed by atoms with Gasteiger partial charge in [-0.1, -0.05) is 17.7 Å². The predicted octanol–water partition coefficient (Wildman–Crippen LogP) is 1.01. The van der Waals surface area contributed by atoms with E-state index in [1.54, 1.807) is 0 Å². The molecule has 1 aromatic rings. The molecule has 0 radical (unpaired) electrons. The van der Waals surface area contributed by atoms with Crippen molar-refractivity contribution in [3.8, 4) is 0 Å². The largest absolute Gasteiger partial charge is 0.368 e. The molecule has 0 aromatic heterocycles. The summed E-state index contributed by atoms with van der Waals surface area (Å²) in [6.07, 6.45) is 0.869. The van der Waals surface area contributed by atoms with Crippen LogP contribution >= 0.6 is 11.6 Å². The van der Waals surface area contributed by atoms with Crippen molar-refractivity contribution in [2.24, 2.45) is 5.73 Å². The fraction of sp³-hybridized carbons (Fsp3) is 0.429. The number of hydrogen-bond acceptors (Lipinski definition) is 4. The van der Waals surface area contributed by atoms with Crippen LogP contribution in [0.3, 0.4) is 0 Å². The van der Waals surface area contributed by atoms with E-state index in [4.69, 9.17) is 17.3 Å². The van der Waals surface area contributed by atoms with E-state index in [2.05, 4.69) is 10.2 Å². The number of carbonyl (C=O) groups is 2. The number of imide groups is 1. The molecule has 2 aliphatic heterocycles. The number of piperidine rings is 1. The summed E-state index contributed by atoms with van der Waals surface area (Å²) in [5.74, 6) is -0.816. The first kappa shape index (κ1) is 13.4. The van der Waals surface area contributed by atoms with E-state index in [-0.39, 0.29) is 23.8 Å². The van der Waals surface area contributed by atoms with Crippen molar-refractivity contribution >= 4 is 29.1 Å². The van der Waals surface area contributed by atoms with Gasteiger partial charge in [0.25, 0.3) is 0 Å². The van der Waals surface area contributed by atoms with Crippen molar-refractivity contribution < 1.29 is 9.59 Å². The SMILES string of the molecule is NC1CN(c2ccc(C3CCC(=O)NC3=O)c(Cl)c2)C1. The minimum atomic E-state index is -0.340. The number of nitrogens with zero attached hydrogens (tertiary/aromatic N) is 1. The molecular weight excluding hydrogens is 278 g/mol. The summed E-state index contributed by atoms with van der Waals surface area (Å²) in [5.41, 5.74) is 7.57. The molecule has 106 valence electrons. The molecule has 20 heavy (non-hydrogen) atoms. The van der Waals surface area contributed by atoms with Crippen LogP contribution in [0.15, 0.2) is 18.2 Å². The van der Waals surface area contributed by atoms with Crippen molar-refractivity contribution in [1.29, 1.82) is 0 Å². The highest BCUT2D eigenvalue weighted by Gasteiger charge is 2.30. The second kappa shape index (κ2) is 5.07. The van der Waals surface area contributed by atoms with Crippen LogP contribution in [0.25, 0.3) is 0 Å². The molecule has 2 heterocycles. The van der Waals surface area contributed by atoms with Gasteiger partial charge in [0.05, 0.1) is 5.92 Å². The van der Waals surface area contributed by atoms with Crippen molar-refractivity contribution in [1.82, 2.24) is 5.32 Å². The van der Waals surface area contributed by atoms with Gasteiger partial charge in [0.1, 0.15) is 0 Å². The monoisotopic (exact) mass is 293 g/mol. The van der Waals surface area contributed by atoms with Gasteiger partial charge in [-0.25, -0.2) is 0 Å². The van der Waals surface area contributed by atoms with Crippen LogP contribution in [-0.4, -0.2) is 30.9 Å². The molecule has 1 aromatic carbocycles. The van der Waals surface area contributed by atoms with Gasteiger partial charge in [-0.3, -0.25) is 14.9 Å². The smallest absolute Gasteiger partial charge is 0.234 e. The molecule has 2 saturated heterocycles. The van der Waals surface area contributed by atoms with E-state index in [1.807, 2.05) is 18.2 Å². The van der Waals surface area contributed by atoms with Crippen LogP contribution < -0.4 is 16.0 Å². The van der Waals surface area contributed by atoms with Crippen molar-refractivity contribution in [3.05, 3.63) is 28.8 Å². The predicted molar refractivity (Wildman–Crippen MR) is 76.8 cm³/mol. The number of benzene rings is 1. The lowest BCUT2D eigenvalue weighted by Crippen LogP contribution is -2.55. The lowest BCUT2D eigenvalue weighted by molar-refractivity contribution is -0.134. The van der Waals surface area contributed by atoms with Gasteiger partial charge in [0, 0.05) is 36.3 Å². The number of hydrogen-bond donors (Lipinski definition) is 2. The summed E-state index contributed by atoms with van der Waals surface area (Å²) in [6, 6.07) is 5.92. The molecule has 0 saturated carbocycles. The molecule has 3 N–H and O–H groups in total. The zero-order valence-electron chi connectivity index (χ0n) is 10.9. The summed E-state index contributed by atoms with van der Waals surface area (Å²) in [6.45, 7) is 1.65. The Hall–Kier alpha value is -1.59. The highest BCUT2D eigenvalue weighted by atomic mass is 35.5. The van der Waals surface area contributed by atoms with Crippen molar-refractivity contribution in [3.63, 3.8) is 0 Å². The van der Waals surface area contributed by atoms with E-state index in [1.165, 1.54) is 0 Å². The number of amides is 2. The molecule has 6 heteroatoms. The van der Waals surface area contributed by atoms with Crippen molar-refractivity contribution in [2.45, 2.75) is 24.8 Å². The Morgan fingerprint density at radius 3 is 2.65 bits per heavy atom. The average Bonchev–Trinajstić information content (AvgIpc) is 2.36. The maximum atomic E-state index is 11.9. The van der Waals surface area contributed by atoms with Crippen LogP contribution in [0, 0.1) is 0 Å². The molecular formula is C14H16ClN3O2. The summed E-state index contributed by atoms with van der Waals surface area (Å²) < 4.78 is 0. The number of halogens is 1. The number of rotatable bonds is 2.